The quantitative estimate of drug-likeness (QED) is 0.740. The molecule has 3 nitrogen and oxygen atoms in total. The molecular weight excluding hydrogens is 190 g/mol. The van der Waals surface area contributed by atoms with E-state index in [1.54, 1.807) is 7.11 Å². The molecule has 1 heterocycles. The Balaban J connectivity index is 2.27. The Morgan fingerprint density at radius 3 is 3.07 bits per heavy atom. The molecule has 0 aliphatic carbocycles. The molecule has 0 saturated carbocycles. The molecule has 0 spiro atoms. The second-order valence-corrected chi connectivity index (χ2v) is 4.04. The van der Waals surface area contributed by atoms with Crippen molar-refractivity contribution in [3.63, 3.8) is 0 Å². The first-order chi connectivity index (χ1) is 7.17. The van der Waals surface area contributed by atoms with Crippen LogP contribution in [0, 0.1) is 11.3 Å². The minimum atomic E-state index is -0.372. The Bertz CT molecular complexity index is 422. The van der Waals surface area contributed by atoms with Crippen LogP contribution in [-0.4, -0.2) is 12.7 Å². The first kappa shape index (κ1) is 9.85. The molecule has 0 N–H and O–H groups in total. The lowest BCUT2D eigenvalue weighted by molar-refractivity contribution is 0.122. The summed E-state index contributed by atoms with van der Waals surface area (Å²) in [5, 5.41) is 8.72. The van der Waals surface area contributed by atoms with Crippen LogP contribution in [0.15, 0.2) is 18.2 Å². The van der Waals surface area contributed by atoms with Gasteiger partial charge in [-0.3, -0.25) is 0 Å². The fourth-order valence-electron chi connectivity index (χ4n) is 1.89. The van der Waals surface area contributed by atoms with Crippen molar-refractivity contribution >= 4 is 0 Å². The van der Waals surface area contributed by atoms with Gasteiger partial charge in [-0.15, -0.1) is 0 Å². The van der Waals surface area contributed by atoms with Crippen LogP contribution in [0.5, 0.6) is 11.5 Å². The first-order valence-corrected chi connectivity index (χ1v) is 4.90. The van der Waals surface area contributed by atoms with E-state index in [0.717, 1.165) is 23.5 Å². The van der Waals surface area contributed by atoms with Gasteiger partial charge in [-0.25, -0.2) is 0 Å². The summed E-state index contributed by atoms with van der Waals surface area (Å²) < 4.78 is 10.9. The standard InChI is InChI=1S/C12H13NO2/c1-12(5-6-13)8-9-7-10(14-2)3-4-11(9)15-12/h3-4,7H,5,8H2,1-2H3. The Kier molecular flexibility index (Phi) is 2.28. The van der Waals surface area contributed by atoms with E-state index in [1.807, 2.05) is 25.1 Å². The van der Waals surface area contributed by atoms with E-state index in [2.05, 4.69) is 6.07 Å². The van der Waals surface area contributed by atoms with Crippen molar-refractivity contribution < 1.29 is 9.47 Å². The highest BCUT2D eigenvalue weighted by Crippen LogP contribution is 2.38. The molecule has 1 aromatic rings. The molecule has 1 aliphatic heterocycles. The molecule has 0 aromatic heterocycles. The zero-order valence-electron chi connectivity index (χ0n) is 8.91. The molecule has 1 aromatic carbocycles. The summed E-state index contributed by atoms with van der Waals surface area (Å²) in [4.78, 5) is 0. The van der Waals surface area contributed by atoms with Crippen LogP contribution >= 0.6 is 0 Å². The van der Waals surface area contributed by atoms with Crippen molar-refractivity contribution in [2.24, 2.45) is 0 Å². The van der Waals surface area contributed by atoms with Gasteiger partial charge >= 0.3 is 0 Å². The third-order valence-corrected chi connectivity index (χ3v) is 2.64. The van der Waals surface area contributed by atoms with Crippen LogP contribution in [-0.2, 0) is 6.42 Å². The van der Waals surface area contributed by atoms with E-state index < -0.39 is 0 Å². The number of hydrogen-bond acceptors (Lipinski definition) is 3. The second kappa shape index (κ2) is 3.47. The smallest absolute Gasteiger partial charge is 0.123 e. The van der Waals surface area contributed by atoms with Crippen LogP contribution < -0.4 is 9.47 Å². The van der Waals surface area contributed by atoms with Crippen molar-refractivity contribution in [3.05, 3.63) is 23.8 Å². The number of fused-ring (bicyclic) bond motifs is 1. The van der Waals surface area contributed by atoms with Gasteiger partial charge in [-0.1, -0.05) is 0 Å². The van der Waals surface area contributed by atoms with Gasteiger partial charge in [0.15, 0.2) is 0 Å². The van der Waals surface area contributed by atoms with Crippen molar-refractivity contribution in [2.45, 2.75) is 25.4 Å². The molecule has 1 unspecified atom stereocenters. The van der Waals surface area contributed by atoms with E-state index in [-0.39, 0.29) is 5.60 Å². The van der Waals surface area contributed by atoms with Gasteiger partial charge in [0.1, 0.15) is 17.1 Å². The Morgan fingerprint density at radius 1 is 1.60 bits per heavy atom. The van der Waals surface area contributed by atoms with Crippen LogP contribution in [0.1, 0.15) is 18.9 Å². The van der Waals surface area contributed by atoms with Gasteiger partial charge in [0.2, 0.25) is 0 Å². The number of ether oxygens (including phenoxy) is 2. The molecule has 3 heteroatoms. The van der Waals surface area contributed by atoms with E-state index in [0.29, 0.717) is 6.42 Å². The molecule has 0 fully saturated rings. The summed E-state index contributed by atoms with van der Waals surface area (Å²) in [5.41, 5.74) is 0.746. The average molecular weight is 203 g/mol. The van der Waals surface area contributed by atoms with Gasteiger partial charge in [0.05, 0.1) is 19.6 Å². The third-order valence-electron chi connectivity index (χ3n) is 2.64. The van der Waals surface area contributed by atoms with Gasteiger partial charge in [-0.2, -0.15) is 5.26 Å². The van der Waals surface area contributed by atoms with Crippen LogP contribution in [0.3, 0.4) is 0 Å². The molecular formula is C12H13NO2. The van der Waals surface area contributed by atoms with Crippen molar-refractivity contribution in [1.29, 1.82) is 5.26 Å². The molecule has 0 saturated heterocycles. The summed E-state index contributed by atoms with van der Waals surface area (Å²) in [6.45, 7) is 1.96. The third kappa shape index (κ3) is 1.75. The Labute approximate surface area is 89.2 Å². The van der Waals surface area contributed by atoms with Gasteiger partial charge in [-0.05, 0) is 25.1 Å². The monoisotopic (exact) mass is 203 g/mol. The average Bonchev–Trinajstić information content (AvgIpc) is 2.53. The van der Waals surface area contributed by atoms with Gasteiger partial charge in [0.25, 0.3) is 0 Å². The molecule has 0 bridgehead atoms. The SMILES string of the molecule is COc1ccc2c(c1)CC(C)(CC#N)O2. The summed E-state index contributed by atoms with van der Waals surface area (Å²) in [5.74, 6) is 1.70. The summed E-state index contributed by atoms with van der Waals surface area (Å²) in [7, 11) is 1.64. The van der Waals surface area contributed by atoms with E-state index in [4.69, 9.17) is 14.7 Å². The van der Waals surface area contributed by atoms with Crippen LogP contribution in [0.25, 0.3) is 0 Å². The minimum absolute atomic E-state index is 0.372. The van der Waals surface area contributed by atoms with E-state index in [1.165, 1.54) is 0 Å². The Hall–Kier alpha value is -1.69. The molecule has 15 heavy (non-hydrogen) atoms. The number of benzene rings is 1. The number of methoxy groups -OCH3 is 1. The maximum Gasteiger partial charge on any atom is 0.123 e. The van der Waals surface area contributed by atoms with Crippen LogP contribution in [0.4, 0.5) is 0 Å². The minimum Gasteiger partial charge on any atom is -0.497 e. The second-order valence-electron chi connectivity index (χ2n) is 4.04. The molecule has 0 amide bonds. The summed E-state index contributed by atoms with van der Waals surface area (Å²) >= 11 is 0. The van der Waals surface area contributed by atoms with E-state index in [9.17, 15) is 0 Å². The maximum atomic E-state index is 8.72. The highest BCUT2D eigenvalue weighted by Gasteiger charge is 2.34. The van der Waals surface area contributed by atoms with E-state index >= 15 is 0 Å². The van der Waals surface area contributed by atoms with Crippen molar-refractivity contribution in [3.8, 4) is 17.6 Å². The van der Waals surface area contributed by atoms with Crippen LogP contribution in [0.2, 0.25) is 0 Å². The number of hydrogen-bond donors (Lipinski definition) is 0. The van der Waals surface area contributed by atoms with Crippen molar-refractivity contribution in [2.75, 3.05) is 7.11 Å². The molecule has 1 aliphatic rings. The fourth-order valence-corrected chi connectivity index (χ4v) is 1.89. The van der Waals surface area contributed by atoms with Gasteiger partial charge in [0, 0.05) is 12.0 Å². The normalized spacial score (nSPS) is 22.7. The zero-order chi connectivity index (χ0) is 10.9. The number of nitriles is 1. The largest absolute Gasteiger partial charge is 0.497 e. The number of nitrogens with zero attached hydrogens (tertiary/aromatic N) is 1. The number of rotatable bonds is 2. The molecule has 78 valence electrons. The Morgan fingerprint density at radius 2 is 2.40 bits per heavy atom. The summed E-state index contributed by atoms with van der Waals surface area (Å²) in [6, 6.07) is 7.90. The lowest BCUT2D eigenvalue weighted by Crippen LogP contribution is -2.29. The molecule has 1 atom stereocenters. The lowest BCUT2D eigenvalue weighted by Gasteiger charge is -2.19. The molecule has 2 rings (SSSR count). The maximum absolute atomic E-state index is 8.72. The summed E-state index contributed by atoms with van der Waals surface area (Å²) in [6.07, 6.45) is 1.18. The highest BCUT2D eigenvalue weighted by atomic mass is 16.5. The predicted octanol–water partition coefficient (Wildman–Crippen LogP) is 2.30. The highest BCUT2D eigenvalue weighted by molar-refractivity contribution is 5.44. The molecule has 0 radical (unpaired) electrons. The van der Waals surface area contributed by atoms with Crippen molar-refractivity contribution in [1.82, 2.24) is 0 Å². The topological polar surface area (TPSA) is 42.2 Å². The lowest BCUT2D eigenvalue weighted by atomic mass is 9.96. The zero-order valence-corrected chi connectivity index (χ0v) is 8.91. The fraction of sp³-hybridized carbons (Fsp3) is 0.417. The predicted molar refractivity (Wildman–Crippen MR) is 56.0 cm³/mol. The van der Waals surface area contributed by atoms with Gasteiger partial charge < -0.3 is 9.47 Å². The first-order valence-electron chi connectivity index (χ1n) is 4.90.